The average molecular weight is 320 g/mol. The van der Waals surface area contributed by atoms with Gasteiger partial charge in [-0.05, 0) is 49.6 Å². The first kappa shape index (κ1) is 16.2. The van der Waals surface area contributed by atoms with Crippen LogP contribution in [-0.4, -0.2) is 31.6 Å². The normalized spacial score (nSPS) is 11.3. The van der Waals surface area contributed by atoms with Crippen LogP contribution < -0.4 is 0 Å². The zero-order valence-electron chi connectivity index (χ0n) is 12.7. The lowest BCUT2D eigenvalue weighted by Crippen LogP contribution is -2.44. The van der Waals surface area contributed by atoms with Crippen LogP contribution in [0.25, 0.3) is 11.1 Å². The lowest BCUT2D eigenvalue weighted by molar-refractivity contribution is 0.0956. The van der Waals surface area contributed by atoms with Gasteiger partial charge in [0.2, 0.25) is 5.28 Å². The largest absolute Gasteiger partial charge is 0.465 e. The van der Waals surface area contributed by atoms with Crippen molar-refractivity contribution in [2.24, 2.45) is 0 Å². The lowest BCUT2D eigenvalue weighted by Gasteiger charge is -2.33. The molecule has 0 aliphatic carbocycles. The van der Waals surface area contributed by atoms with Crippen LogP contribution in [0.3, 0.4) is 0 Å². The SMILES string of the molecule is CC(C)(C)N(Cc1cccc(-c2cnc(Cl)nc2)c1)C(=O)O. The Kier molecular flexibility index (Phi) is 4.66. The first-order valence-corrected chi connectivity index (χ1v) is 7.22. The maximum atomic E-state index is 11.4. The highest BCUT2D eigenvalue weighted by atomic mass is 35.5. The molecule has 0 radical (unpaired) electrons. The summed E-state index contributed by atoms with van der Waals surface area (Å²) in [5.74, 6) is 0. The molecule has 0 unspecified atom stereocenters. The number of amides is 1. The highest BCUT2D eigenvalue weighted by Crippen LogP contribution is 2.22. The monoisotopic (exact) mass is 319 g/mol. The standard InChI is InChI=1S/C16H18ClN3O2/c1-16(2,3)20(15(21)22)10-11-5-4-6-12(7-11)13-8-18-14(17)19-9-13/h4-9H,10H2,1-3H3,(H,21,22). The molecule has 22 heavy (non-hydrogen) atoms. The quantitative estimate of drug-likeness (QED) is 0.866. The molecule has 0 saturated carbocycles. The van der Waals surface area contributed by atoms with Gasteiger partial charge >= 0.3 is 6.09 Å². The molecule has 1 amide bonds. The highest BCUT2D eigenvalue weighted by Gasteiger charge is 2.26. The van der Waals surface area contributed by atoms with Gasteiger partial charge in [0.25, 0.3) is 0 Å². The molecule has 116 valence electrons. The number of carbonyl (C=O) groups is 1. The van der Waals surface area contributed by atoms with Crippen LogP contribution >= 0.6 is 11.6 Å². The lowest BCUT2D eigenvalue weighted by atomic mass is 10.0. The Morgan fingerprint density at radius 2 is 1.86 bits per heavy atom. The van der Waals surface area contributed by atoms with Crippen LogP contribution in [0.15, 0.2) is 36.7 Å². The summed E-state index contributed by atoms with van der Waals surface area (Å²) >= 11 is 5.69. The van der Waals surface area contributed by atoms with Crippen LogP contribution in [0.2, 0.25) is 5.28 Å². The number of rotatable bonds is 3. The van der Waals surface area contributed by atoms with Crippen molar-refractivity contribution in [1.82, 2.24) is 14.9 Å². The van der Waals surface area contributed by atoms with Crippen molar-refractivity contribution in [2.75, 3.05) is 0 Å². The summed E-state index contributed by atoms with van der Waals surface area (Å²) in [4.78, 5) is 20.8. The number of nitrogens with zero attached hydrogens (tertiary/aromatic N) is 3. The van der Waals surface area contributed by atoms with Gasteiger partial charge in [-0.3, -0.25) is 4.90 Å². The second kappa shape index (κ2) is 6.32. The molecule has 0 spiro atoms. The van der Waals surface area contributed by atoms with E-state index >= 15 is 0 Å². The second-order valence-electron chi connectivity index (χ2n) is 5.98. The van der Waals surface area contributed by atoms with Crippen molar-refractivity contribution in [3.05, 3.63) is 47.5 Å². The zero-order valence-corrected chi connectivity index (χ0v) is 13.5. The third-order valence-corrected chi connectivity index (χ3v) is 3.46. The third kappa shape index (κ3) is 3.95. The van der Waals surface area contributed by atoms with Crippen molar-refractivity contribution >= 4 is 17.7 Å². The number of hydrogen-bond donors (Lipinski definition) is 1. The fraction of sp³-hybridized carbons (Fsp3) is 0.312. The van der Waals surface area contributed by atoms with E-state index in [0.717, 1.165) is 16.7 Å². The van der Waals surface area contributed by atoms with Crippen molar-refractivity contribution in [3.63, 3.8) is 0 Å². The molecule has 1 aromatic heterocycles. The number of aromatic nitrogens is 2. The van der Waals surface area contributed by atoms with E-state index in [4.69, 9.17) is 11.6 Å². The molecule has 6 heteroatoms. The molecule has 1 N–H and O–H groups in total. The molecule has 1 aromatic carbocycles. The molecule has 0 fully saturated rings. The molecule has 0 atom stereocenters. The van der Waals surface area contributed by atoms with Crippen molar-refractivity contribution < 1.29 is 9.90 Å². The minimum atomic E-state index is -0.937. The minimum absolute atomic E-state index is 0.199. The Bertz CT molecular complexity index is 666. The summed E-state index contributed by atoms with van der Waals surface area (Å²) in [6, 6.07) is 7.66. The van der Waals surface area contributed by atoms with E-state index < -0.39 is 11.6 Å². The fourth-order valence-corrected chi connectivity index (χ4v) is 2.18. The molecule has 0 aliphatic rings. The number of carboxylic acid groups (broad SMARTS) is 1. The first-order valence-electron chi connectivity index (χ1n) is 6.85. The molecule has 5 nitrogen and oxygen atoms in total. The van der Waals surface area contributed by atoms with Gasteiger partial charge in [0.1, 0.15) is 0 Å². The van der Waals surface area contributed by atoms with Gasteiger partial charge in [0.15, 0.2) is 0 Å². The second-order valence-corrected chi connectivity index (χ2v) is 6.32. The van der Waals surface area contributed by atoms with E-state index in [2.05, 4.69) is 9.97 Å². The zero-order chi connectivity index (χ0) is 16.3. The molecule has 0 saturated heterocycles. The topological polar surface area (TPSA) is 66.3 Å². The number of benzene rings is 1. The summed E-state index contributed by atoms with van der Waals surface area (Å²) in [7, 11) is 0. The van der Waals surface area contributed by atoms with Crippen molar-refractivity contribution in [2.45, 2.75) is 32.9 Å². The number of halogens is 1. The van der Waals surface area contributed by atoms with Gasteiger partial charge in [-0.25, -0.2) is 14.8 Å². The van der Waals surface area contributed by atoms with E-state index in [1.165, 1.54) is 4.90 Å². The molecule has 1 heterocycles. The molecule has 0 bridgehead atoms. The van der Waals surface area contributed by atoms with E-state index in [0.29, 0.717) is 6.54 Å². The molecule has 2 rings (SSSR count). The molecular formula is C16H18ClN3O2. The van der Waals surface area contributed by atoms with Crippen LogP contribution in [0, 0.1) is 0 Å². The van der Waals surface area contributed by atoms with Gasteiger partial charge in [-0.2, -0.15) is 0 Å². The predicted molar refractivity (Wildman–Crippen MR) is 85.8 cm³/mol. The summed E-state index contributed by atoms with van der Waals surface area (Å²) in [5.41, 5.74) is 2.20. The predicted octanol–water partition coefficient (Wildman–Crippen LogP) is 4.08. The summed E-state index contributed by atoms with van der Waals surface area (Å²) in [5, 5.41) is 9.58. The van der Waals surface area contributed by atoms with Crippen molar-refractivity contribution in [3.8, 4) is 11.1 Å². The smallest absolute Gasteiger partial charge is 0.408 e. The van der Waals surface area contributed by atoms with Gasteiger partial charge in [0.05, 0.1) is 0 Å². The Hall–Kier alpha value is -2.14. The summed E-state index contributed by atoms with van der Waals surface area (Å²) in [6.07, 6.45) is 2.35. The minimum Gasteiger partial charge on any atom is -0.465 e. The molecular weight excluding hydrogens is 302 g/mol. The van der Waals surface area contributed by atoms with Crippen molar-refractivity contribution in [1.29, 1.82) is 0 Å². The Labute approximate surface area is 134 Å². The van der Waals surface area contributed by atoms with Gasteiger partial charge in [-0.1, -0.05) is 18.2 Å². The average Bonchev–Trinajstić information content (AvgIpc) is 2.44. The third-order valence-electron chi connectivity index (χ3n) is 3.26. The highest BCUT2D eigenvalue weighted by molar-refractivity contribution is 6.28. The molecule has 0 aliphatic heterocycles. The summed E-state index contributed by atoms with van der Waals surface area (Å²) in [6.45, 7) is 5.94. The fourth-order valence-electron chi connectivity index (χ4n) is 2.08. The number of hydrogen-bond acceptors (Lipinski definition) is 3. The van der Waals surface area contributed by atoms with E-state index in [-0.39, 0.29) is 5.28 Å². The van der Waals surface area contributed by atoms with Crippen LogP contribution in [0.4, 0.5) is 4.79 Å². The Morgan fingerprint density at radius 1 is 1.23 bits per heavy atom. The Balaban J connectivity index is 2.28. The van der Waals surface area contributed by atoms with E-state index in [1.807, 2.05) is 45.0 Å². The van der Waals surface area contributed by atoms with Gasteiger partial charge < -0.3 is 5.11 Å². The maximum Gasteiger partial charge on any atom is 0.408 e. The van der Waals surface area contributed by atoms with Crippen LogP contribution in [0.5, 0.6) is 0 Å². The van der Waals surface area contributed by atoms with Gasteiger partial charge in [0, 0.05) is 30.0 Å². The molecule has 2 aromatic rings. The van der Waals surface area contributed by atoms with E-state index in [1.54, 1.807) is 12.4 Å². The van der Waals surface area contributed by atoms with E-state index in [9.17, 15) is 9.90 Å². The first-order chi connectivity index (χ1) is 10.3. The maximum absolute atomic E-state index is 11.4. The van der Waals surface area contributed by atoms with Crippen LogP contribution in [0.1, 0.15) is 26.3 Å². The summed E-state index contributed by atoms with van der Waals surface area (Å²) < 4.78 is 0. The Morgan fingerprint density at radius 3 is 2.41 bits per heavy atom. The van der Waals surface area contributed by atoms with Crippen LogP contribution in [-0.2, 0) is 6.54 Å². The van der Waals surface area contributed by atoms with Gasteiger partial charge in [-0.15, -0.1) is 0 Å².